The van der Waals surface area contributed by atoms with Gasteiger partial charge in [-0.3, -0.25) is 9.69 Å². The number of amides is 1. The summed E-state index contributed by atoms with van der Waals surface area (Å²) in [5.41, 5.74) is 0.808. The van der Waals surface area contributed by atoms with E-state index < -0.39 is 11.6 Å². The number of halogens is 2. The molecule has 3 aromatic rings. The summed E-state index contributed by atoms with van der Waals surface area (Å²) in [5.74, 6) is -0.592. The molecule has 1 aromatic heterocycles. The molecule has 1 heterocycles. The van der Waals surface area contributed by atoms with Crippen LogP contribution in [0.1, 0.15) is 19.4 Å². The van der Waals surface area contributed by atoms with E-state index in [0.29, 0.717) is 34.4 Å². The number of nitrogens with zero attached hydrogens (tertiary/aromatic N) is 3. The van der Waals surface area contributed by atoms with Gasteiger partial charge in [0.2, 0.25) is 0 Å². The van der Waals surface area contributed by atoms with Crippen molar-refractivity contribution in [3.05, 3.63) is 53.6 Å². The van der Waals surface area contributed by atoms with Crippen molar-refractivity contribution in [3.63, 3.8) is 0 Å². The van der Waals surface area contributed by atoms with Crippen LogP contribution in [0.4, 0.5) is 13.9 Å². The van der Waals surface area contributed by atoms with E-state index in [2.05, 4.69) is 9.88 Å². The first-order valence-electron chi connectivity index (χ1n) is 10.6. The molecule has 33 heavy (non-hydrogen) atoms. The van der Waals surface area contributed by atoms with E-state index in [1.807, 2.05) is 13.8 Å². The van der Waals surface area contributed by atoms with E-state index in [1.54, 1.807) is 38.5 Å². The summed E-state index contributed by atoms with van der Waals surface area (Å²) in [6.07, 6.45) is 3.11. The second-order valence-electron chi connectivity index (χ2n) is 7.20. The largest absolute Gasteiger partial charge is 0.493 e. The third kappa shape index (κ3) is 5.85. The molecule has 0 bridgehead atoms. The lowest BCUT2D eigenvalue weighted by Gasteiger charge is -2.23. The molecule has 0 N–H and O–H groups in total. The molecule has 176 valence electrons. The van der Waals surface area contributed by atoms with Crippen molar-refractivity contribution in [1.82, 2.24) is 9.88 Å². The van der Waals surface area contributed by atoms with E-state index in [-0.39, 0.29) is 11.4 Å². The second-order valence-corrected chi connectivity index (χ2v) is 8.20. The molecule has 0 aliphatic rings. The summed E-state index contributed by atoms with van der Waals surface area (Å²) in [7, 11) is 3.10. The molecule has 0 spiro atoms. The minimum atomic E-state index is -0.746. The van der Waals surface area contributed by atoms with E-state index in [1.165, 1.54) is 17.0 Å². The maximum atomic E-state index is 14.2. The maximum Gasteiger partial charge on any atom is 0.252 e. The molecule has 0 aliphatic heterocycles. The van der Waals surface area contributed by atoms with E-state index in [4.69, 9.17) is 9.47 Å². The quantitative estimate of drug-likeness (QED) is 0.387. The fraction of sp³-hybridized carbons (Fsp3) is 0.333. The lowest BCUT2D eigenvalue weighted by atomic mass is 10.2. The molecule has 2 aromatic carbocycles. The van der Waals surface area contributed by atoms with Crippen LogP contribution < -0.4 is 14.4 Å². The van der Waals surface area contributed by atoms with Gasteiger partial charge in [0.05, 0.1) is 18.9 Å². The number of benzene rings is 2. The average Bonchev–Trinajstić information content (AvgIpc) is 3.24. The van der Waals surface area contributed by atoms with Crippen LogP contribution >= 0.6 is 11.3 Å². The van der Waals surface area contributed by atoms with Gasteiger partial charge in [-0.15, -0.1) is 0 Å². The number of anilines is 1. The van der Waals surface area contributed by atoms with Gasteiger partial charge in [0.1, 0.15) is 11.3 Å². The van der Waals surface area contributed by atoms with Crippen molar-refractivity contribution >= 4 is 38.7 Å². The highest BCUT2D eigenvalue weighted by Crippen LogP contribution is 2.32. The highest BCUT2D eigenvalue weighted by atomic mass is 32.1. The normalized spacial score (nSPS) is 11.5. The Morgan fingerprint density at radius 3 is 2.45 bits per heavy atom. The number of carbonyl (C=O) groups is 1. The van der Waals surface area contributed by atoms with Crippen molar-refractivity contribution in [2.45, 2.75) is 13.8 Å². The fourth-order valence-corrected chi connectivity index (χ4v) is 4.39. The zero-order chi connectivity index (χ0) is 24.0. The van der Waals surface area contributed by atoms with Gasteiger partial charge >= 0.3 is 0 Å². The van der Waals surface area contributed by atoms with E-state index in [9.17, 15) is 13.6 Å². The van der Waals surface area contributed by atoms with Gasteiger partial charge in [0.25, 0.3) is 5.91 Å². The number of likely N-dealkylation sites (N-methyl/N-ethyl adjacent to an activating group) is 1. The Kier molecular flexibility index (Phi) is 8.35. The SMILES string of the molecule is CCN(CC)CCN(C(=O)/C=C/c1ccc(OC)c(OC)c1)c1nc2c(F)cc(F)cc2s1. The van der Waals surface area contributed by atoms with Crippen molar-refractivity contribution in [2.24, 2.45) is 0 Å². The molecule has 0 atom stereocenters. The Morgan fingerprint density at radius 2 is 1.79 bits per heavy atom. The highest BCUT2D eigenvalue weighted by molar-refractivity contribution is 7.22. The smallest absolute Gasteiger partial charge is 0.252 e. The topological polar surface area (TPSA) is 54.9 Å². The highest BCUT2D eigenvalue weighted by Gasteiger charge is 2.20. The summed E-state index contributed by atoms with van der Waals surface area (Å²) in [4.78, 5) is 21.1. The number of aromatic nitrogens is 1. The lowest BCUT2D eigenvalue weighted by molar-refractivity contribution is -0.114. The zero-order valence-electron chi connectivity index (χ0n) is 19.1. The Morgan fingerprint density at radius 1 is 1.06 bits per heavy atom. The molecule has 6 nitrogen and oxygen atoms in total. The number of ether oxygens (including phenoxy) is 2. The fourth-order valence-electron chi connectivity index (χ4n) is 3.36. The average molecular weight is 476 g/mol. The standard InChI is InChI=1S/C24H27F2N3O3S/c1-5-28(6-2)11-12-29(24-27-23-18(26)14-17(25)15-21(23)33-24)22(30)10-8-16-7-9-19(31-3)20(13-16)32-4/h7-10,13-15H,5-6,11-12H2,1-4H3/b10-8+. The predicted octanol–water partition coefficient (Wildman–Crippen LogP) is 4.98. The monoisotopic (exact) mass is 475 g/mol. The molecule has 9 heteroatoms. The van der Waals surface area contributed by atoms with Gasteiger partial charge in [0.15, 0.2) is 22.4 Å². The summed E-state index contributed by atoms with van der Waals surface area (Å²) >= 11 is 1.09. The number of carbonyl (C=O) groups excluding carboxylic acids is 1. The number of hydrogen-bond donors (Lipinski definition) is 0. The van der Waals surface area contributed by atoms with E-state index in [0.717, 1.165) is 36.1 Å². The Balaban J connectivity index is 1.91. The molecule has 0 aliphatic carbocycles. The number of fused-ring (bicyclic) bond motifs is 1. The van der Waals surface area contributed by atoms with Gasteiger partial charge in [-0.2, -0.15) is 0 Å². The summed E-state index contributed by atoms with van der Waals surface area (Å²) in [6, 6.07) is 7.35. The zero-order valence-corrected chi connectivity index (χ0v) is 19.9. The number of thiazole rings is 1. The first-order valence-corrected chi connectivity index (χ1v) is 11.4. The second kappa shape index (κ2) is 11.2. The molecule has 0 saturated heterocycles. The number of hydrogen-bond acceptors (Lipinski definition) is 6. The van der Waals surface area contributed by atoms with Gasteiger partial charge < -0.3 is 14.4 Å². The first-order chi connectivity index (χ1) is 15.9. The van der Waals surface area contributed by atoms with Crippen LogP contribution in [0, 0.1) is 11.6 Å². The molecule has 0 fully saturated rings. The van der Waals surface area contributed by atoms with Crippen LogP contribution in [0.15, 0.2) is 36.4 Å². The Hall–Kier alpha value is -3.04. The summed E-state index contributed by atoms with van der Waals surface area (Å²) in [6.45, 7) is 6.74. The van der Waals surface area contributed by atoms with Crippen molar-refractivity contribution in [1.29, 1.82) is 0 Å². The molecule has 0 unspecified atom stereocenters. The molecule has 1 amide bonds. The minimum Gasteiger partial charge on any atom is -0.493 e. The minimum absolute atomic E-state index is 0.0564. The maximum absolute atomic E-state index is 14.2. The van der Waals surface area contributed by atoms with Crippen LogP contribution in [0.25, 0.3) is 16.3 Å². The van der Waals surface area contributed by atoms with Gasteiger partial charge in [0, 0.05) is 25.2 Å². The Labute approximate surface area is 196 Å². The van der Waals surface area contributed by atoms with Crippen LogP contribution in [0.2, 0.25) is 0 Å². The third-order valence-corrected chi connectivity index (χ3v) is 6.28. The first kappa shape index (κ1) is 24.6. The van der Waals surface area contributed by atoms with Gasteiger partial charge in [-0.05, 0) is 42.9 Å². The van der Waals surface area contributed by atoms with Crippen molar-refractivity contribution < 1.29 is 23.0 Å². The van der Waals surface area contributed by atoms with Crippen molar-refractivity contribution in [2.75, 3.05) is 45.3 Å². The molecule has 0 saturated carbocycles. The summed E-state index contributed by atoms with van der Waals surface area (Å²) < 4.78 is 38.8. The van der Waals surface area contributed by atoms with Gasteiger partial charge in [-0.25, -0.2) is 13.8 Å². The molecular weight excluding hydrogens is 448 g/mol. The number of rotatable bonds is 10. The molecule has 3 rings (SSSR count). The predicted molar refractivity (Wildman–Crippen MR) is 128 cm³/mol. The lowest BCUT2D eigenvalue weighted by Crippen LogP contribution is -2.38. The Bertz CT molecular complexity index is 1150. The van der Waals surface area contributed by atoms with Crippen LogP contribution in [-0.2, 0) is 4.79 Å². The van der Waals surface area contributed by atoms with Gasteiger partial charge in [-0.1, -0.05) is 31.3 Å². The van der Waals surface area contributed by atoms with Crippen LogP contribution in [0.5, 0.6) is 11.5 Å². The number of methoxy groups -OCH3 is 2. The molecular formula is C24H27F2N3O3S. The molecule has 0 radical (unpaired) electrons. The van der Waals surface area contributed by atoms with Crippen molar-refractivity contribution in [3.8, 4) is 11.5 Å². The summed E-state index contributed by atoms with van der Waals surface area (Å²) in [5, 5.41) is 0.323. The van der Waals surface area contributed by atoms with Crippen LogP contribution in [0.3, 0.4) is 0 Å². The van der Waals surface area contributed by atoms with E-state index >= 15 is 0 Å². The third-order valence-electron chi connectivity index (χ3n) is 5.26. The van der Waals surface area contributed by atoms with Crippen LogP contribution in [-0.4, -0.2) is 56.2 Å².